The van der Waals surface area contributed by atoms with Crippen molar-refractivity contribution in [3.05, 3.63) is 17.7 Å². The second kappa shape index (κ2) is 5.13. The number of nitrogens with zero attached hydrogens (tertiary/aromatic N) is 2. The molecule has 4 N–H and O–H groups in total. The Labute approximate surface area is 113 Å². The molecule has 2 rings (SSSR count). The number of carbonyl (C=O) groups excluding carboxylic acids is 1. The molecule has 0 radical (unpaired) electrons. The van der Waals surface area contributed by atoms with E-state index in [1.54, 1.807) is 6.20 Å². The van der Waals surface area contributed by atoms with Gasteiger partial charge in [-0.3, -0.25) is 10.6 Å². The predicted octanol–water partition coefficient (Wildman–Crippen LogP) is 1.56. The van der Waals surface area contributed by atoms with Gasteiger partial charge in [-0.2, -0.15) is 0 Å². The first kappa shape index (κ1) is 13.7. The molecule has 6 heteroatoms. The highest BCUT2D eigenvalue weighted by atomic mass is 16.2. The lowest BCUT2D eigenvalue weighted by Crippen LogP contribution is -2.51. The molecule has 1 aliphatic carbocycles. The van der Waals surface area contributed by atoms with Gasteiger partial charge in [0.05, 0.1) is 11.9 Å². The first-order valence-corrected chi connectivity index (χ1v) is 6.61. The van der Waals surface area contributed by atoms with Crippen LogP contribution < -0.4 is 16.6 Å². The second-order valence-corrected chi connectivity index (χ2v) is 5.66. The molecule has 0 aromatic carbocycles. The SMILES string of the molecule is CC(C)c1ncc(NN)c(C(=O)NC2(C)CCC2)n1. The normalized spacial score (nSPS) is 16.9. The Morgan fingerprint density at radius 3 is 2.63 bits per heavy atom. The summed E-state index contributed by atoms with van der Waals surface area (Å²) < 4.78 is 0. The minimum absolute atomic E-state index is 0.105. The number of amides is 1. The summed E-state index contributed by atoms with van der Waals surface area (Å²) in [6.45, 7) is 6.02. The maximum atomic E-state index is 12.3. The van der Waals surface area contributed by atoms with Crippen LogP contribution in [0.1, 0.15) is 62.3 Å². The van der Waals surface area contributed by atoms with E-state index in [9.17, 15) is 4.79 Å². The Morgan fingerprint density at radius 2 is 2.16 bits per heavy atom. The van der Waals surface area contributed by atoms with Gasteiger partial charge in [-0.05, 0) is 26.2 Å². The summed E-state index contributed by atoms with van der Waals surface area (Å²) in [7, 11) is 0. The molecule has 1 fully saturated rings. The Bertz CT molecular complexity index is 482. The smallest absolute Gasteiger partial charge is 0.272 e. The Morgan fingerprint density at radius 1 is 1.47 bits per heavy atom. The highest BCUT2D eigenvalue weighted by molar-refractivity contribution is 5.97. The molecule has 1 amide bonds. The topological polar surface area (TPSA) is 92.9 Å². The van der Waals surface area contributed by atoms with E-state index in [1.807, 2.05) is 13.8 Å². The standard InChI is InChI=1S/C13H21N5O/c1-8(2)11-15-7-9(18-14)10(16-11)12(19)17-13(3)5-4-6-13/h7-8,18H,4-6,14H2,1-3H3,(H,17,19). The third-order valence-electron chi connectivity index (χ3n) is 3.57. The number of rotatable bonds is 4. The van der Waals surface area contributed by atoms with Gasteiger partial charge in [0.2, 0.25) is 0 Å². The molecule has 6 nitrogen and oxygen atoms in total. The maximum absolute atomic E-state index is 12.3. The van der Waals surface area contributed by atoms with Crippen LogP contribution in [0.5, 0.6) is 0 Å². The van der Waals surface area contributed by atoms with Crippen LogP contribution in [-0.4, -0.2) is 21.4 Å². The number of anilines is 1. The summed E-state index contributed by atoms with van der Waals surface area (Å²) in [5, 5.41) is 3.03. The van der Waals surface area contributed by atoms with Crippen molar-refractivity contribution in [1.29, 1.82) is 0 Å². The van der Waals surface area contributed by atoms with Crippen molar-refractivity contribution in [2.24, 2.45) is 5.84 Å². The average Bonchev–Trinajstić information content (AvgIpc) is 2.35. The summed E-state index contributed by atoms with van der Waals surface area (Å²) in [6, 6.07) is 0. The quantitative estimate of drug-likeness (QED) is 0.566. The van der Waals surface area contributed by atoms with Gasteiger partial charge in [0, 0.05) is 11.5 Å². The first-order valence-electron chi connectivity index (χ1n) is 6.61. The zero-order valence-electron chi connectivity index (χ0n) is 11.7. The molecule has 1 aromatic heterocycles. The van der Waals surface area contributed by atoms with Crippen molar-refractivity contribution in [2.75, 3.05) is 5.43 Å². The molecule has 1 aliphatic rings. The van der Waals surface area contributed by atoms with Crippen molar-refractivity contribution in [2.45, 2.75) is 51.5 Å². The molecule has 1 saturated carbocycles. The molecule has 19 heavy (non-hydrogen) atoms. The van der Waals surface area contributed by atoms with Gasteiger partial charge in [0.25, 0.3) is 5.91 Å². The van der Waals surface area contributed by atoms with Gasteiger partial charge in [0.1, 0.15) is 5.82 Å². The fraction of sp³-hybridized carbons (Fsp3) is 0.615. The Balaban J connectivity index is 2.25. The number of aromatic nitrogens is 2. The van der Waals surface area contributed by atoms with E-state index in [-0.39, 0.29) is 17.4 Å². The predicted molar refractivity (Wildman–Crippen MR) is 73.7 cm³/mol. The first-order chi connectivity index (χ1) is 8.95. The highest BCUT2D eigenvalue weighted by Crippen LogP contribution is 2.31. The van der Waals surface area contributed by atoms with E-state index >= 15 is 0 Å². The monoisotopic (exact) mass is 263 g/mol. The van der Waals surface area contributed by atoms with Crippen molar-refractivity contribution in [3.63, 3.8) is 0 Å². The van der Waals surface area contributed by atoms with E-state index in [1.165, 1.54) is 0 Å². The van der Waals surface area contributed by atoms with Gasteiger partial charge >= 0.3 is 0 Å². The van der Waals surface area contributed by atoms with Crippen molar-refractivity contribution in [3.8, 4) is 0 Å². The van der Waals surface area contributed by atoms with E-state index in [0.29, 0.717) is 17.2 Å². The lowest BCUT2D eigenvalue weighted by molar-refractivity contribution is 0.0845. The zero-order valence-corrected chi connectivity index (χ0v) is 11.7. The van der Waals surface area contributed by atoms with E-state index in [2.05, 4.69) is 27.6 Å². The van der Waals surface area contributed by atoms with E-state index < -0.39 is 0 Å². The number of hydrogen-bond acceptors (Lipinski definition) is 5. The van der Waals surface area contributed by atoms with Crippen LogP contribution in [0.2, 0.25) is 0 Å². The van der Waals surface area contributed by atoms with Crippen LogP contribution in [0, 0.1) is 0 Å². The van der Waals surface area contributed by atoms with Gasteiger partial charge < -0.3 is 10.7 Å². The number of carbonyl (C=O) groups is 1. The molecule has 1 aromatic rings. The molecule has 0 atom stereocenters. The molecule has 1 heterocycles. The van der Waals surface area contributed by atoms with Crippen LogP contribution >= 0.6 is 0 Å². The van der Waals surface area contributed by atoms with Crippen molar-refractivity contribution < 1.29 is 4.79 Å². The number of nitrogen functional groups attached to an aromatic ring is 1. The highest BCUT2D eigenvalue weighted by Gasteiger charge is 2.34. The van der Waals surface area contributed by atoms with Crippen LogP contribution in [0.4, 0.5) is 5.69 Å². The molecule has 0 bridgehead atoms. The minimum atomic E-state index is -0.195. The zero-order chi connectivity index (χ0) is 14.0. The average molecular weight is 263 g/mol. The summed E-state index contributed by atoms with van der Waals surface area (Å²) in [4.78, 5) is 20.8. The summed E-state index contributed by atoms with van der Waals surface area (Å²) in [5.74, 6) is 6.03. The van der Waals surface area contributed by atoms with Gasteiger partial charge in [0.15, 0.2) is 5.69 Å². The largest absolute Gasteiger partial charge is 0.345 e. The van der Waals surface area contributed by atoms with Gasteiger partial charge in [-0.1, -0.05) is 13.8 Å². The van der Waals surface area contributed by atoms with Crippen LogP contribution in [0.25, 0.3) is 0 Å². The number of nitrogens with one attached hydrogen (secondary N) is 2. The number of nitrogens with two attached hydrogens (primary N) is 1. The van der Waals surface area contributed by atoms with Gasteiger partial charge in [-0.15, -0.1) is 0 Å². The van der Waals surface area contributed by atoms with E-state index in [4.69, 9.17) is 5.84 Å². The number of hydrogen-bond donors (Lipinski definition) is 3. The molecular weight excluding hydrogens is 242 g/mol. The Kier molecular flexibility index (Phi) is 3.71. The summed E-state index contributed by atoms with van der Waals surface area (Å²) in [6.07, 6.45) is 4.72. The third kappa shape index (κ3) is 2.84. The molecule has 0 spiro atoms. The van der Waals surface area contributed by atoms with Crippen LogP contribution in [0.15, 0.2) is 6.20 Å². The summed E-state index contributed by atoms with van der Waals surface area (Å²) in [5.41, 5.74) is 3.14. The van der Waals surface area contributed by atoms with Crippen molar-refractivity contribution in [1.82, 2.24) is 15.3 Å². The molecule has 0 aliphatic heterocycles. The second-order valence-electron chi connectivity index (χ2n) is 5.66. The molecule has 0 saturated heterocycles. The summed E-state index contributed by atoms with van der Waals surface area (Å²) >= 11 is 0. The fourth-order valence-corrected chi connectivity index (χ4v) is 2.12. The number of hydrazine groups is 1. The lowest BCUT2D eigenvalue weighted by Gasteiger charge is -2.39. The molecular formula is C13H21N5O. The minimum Gasteiger partial charge on any atom is -0.345 e. The molecule has 0 unspecified atom stereocenters. The fourth-order valence-electron chi connectivity index (χ4n) is 2.12. The van der Waals surface area contributed by atoms with Crippen molar-refractivity contribution >= 4 is 11.6 Å². The third-order valence-corrected chi connectivity index (χ3v) is 3.57. The van der Waals surface area contributed by atoms with E-state index in [0.717, 1.165) is 19.3 Å². The maximum Gasteiger partial charge on any atom is 0.272 e. The van der Waals surface area contributed by atoms with Gasteiger partial charge in [-0.25, -0.2) is 9.97 Å². The van der Waals surface area contributed by atoms with Crippen LogP contribution in [0.3, 0.4) is 0 Å². The van der Waals surface area contributed by atoms with Crippen LogP contribution in [-0.2, 0) is 0 Å². The Hall–Kier alpha value is -1.69. The lowest BCUT2D eigenvalue weighted by atomic mass is 9.78. The molecule has 104 valence electrons.